The van der Waals surface area contributed by atoms with E-state index in [1.54, 1.807) is 11.0 Å². The monoisotopic (exact) mass is 393 g/mol. The third-order valence-electron chi connectivity index (χ3n) is 5.68. The van der Waals surface area contributed by atoms with Crippen molar-refractivity contribution in [3.8, 4) is 0 Å². The van der Waals surface area contributed by atoms with Crippen LogP contribution in [0.4, 0.5) is 11.5 Å². The van der Waals surface area contributed by atoms with Crippen molar-refractivity contribution in [2.75, 3.05) is 36.4 Å². The molecule has 29 heavy (non-hydrogen) atoms. The van der Waals surface area contributed by atoms with Gasteiger partial charge in [-0.1, -0.05) is 19.1 Å². The number of amides is 1. The first-order chi connectivity index (χ1) is 14.1. The number of hydrogen-bond donors (Lipinski definition) is 1. The van der Waals surface area contributed by atoms with Crippen LogP contribution < -0.4 is 10.2 Å². The highest BCUT2D eigenvalue weighted by atomic mass is 16.2. The molecule has 8 nitrogen and oxygen atoms in total. The van der Waals surface area contributed by atoms with Gasteiger partial charge < -0.3 is 10.2 Å². The zero-order valence-corrected chi connectivity index (χ0v) is 17.2. The first kappa shape index (κ1) is 19.3. The van der Waals surface area contributed by atoms with Gasteiger partial charge in [-0.25, -0.2) is 9.97 Å². The molecule has 1 aliphatic rings. The van der Waals surface area contributed by atoms with Crippen molar-refractivity contribution in [3.05, 3.63) is 42.4 Å². The highest BCUT2D eigenvalue weighted by molar-refractivity contribution is 5.94. The van der Waals surface area contributed by atoms with E-state index in [0.29, 0.717) is 0 Å². The van der Waals surface area contributed by atoms with E-state index in [4.69, 9.17) is 0 Å². The summed E-state index contributed by atoms with van der Waals surface area (Å²) in [6.07, 6.45) is 4.40. The van der Waals surface area contributed by atoms with Crippen LogP contribution in [0.2, 0.25) is 0 Å². The van der Waals surface area contributed by atoms with Crippen molar-refractivity contribution < 1.29 is 4.79 Å². The number of aryl methyl sites for hydroxylation is 2. The predicted molar refractivity (Wildman–Crippen MR) is 114 cm³/mol. The van der Waals surface area contributed by atoms with Crippen molar-refractivity contribution in [3.63, 3.8) is 0 Å². The van der Waals surface area contributed by atoms with E-state index in [-0.39, 0.29) is 11.9 Å². The fourth-order valence-electron chi connectivity index (χ4n) is 3.76. The van der Waals surface area contributed by atoms with E-state index in [0.717, 1.165) is 55.1 Å². The number of carbonyl (C=O) groups is 1. The molecule has 1 aromatic carbocycles. The number of piperazine rings is 1. The van der Waals surface area contributed by atoms with Gasteiger partial charge in [-0.3, -0.25) is 14.4 Å². The molecule has 8 heteroatoms. The molecule has 0 saturated carbocycles. The Morgan fingerprint density at radius 1 is 1.14 bits per heavy atom. The average Bonchev–Trinajstić information content (AvgIpc) is 3.15. The number of nitrogens with one attached hydrogen (secondary N) is 1. The number of aromatic nitrogens is 4. The van der Waals surface area contributed by atoms with Crippen LogP contribution in [0.3, 0.4) is 0 Å². The number of nitrogens with zero attached hydrogens (tertiary/aromatic N) is 6. The highest BCUT2D eigenvalue weighted by Gasteiger charge is 2.27. The fourth-order valence-corrected chi connectivity index (χ4v) is 3.76. The van der Waals surface area contributed by atoms with Crippen LogP contribution in [-0.4, -0.2) is 62.8 Å². The summed E-state index contributed by atoms with van der Waals surface area (Å²) in [4.78, 5) is 26.0. The Bertz CT molecular complexity index is 990. The Labute approximate surface area is 170 Å². The van der Waals surface area contributed by atoms with Gasteiger partial charge in [0.15, 0.2) is 5.65 Å². The van der Waals surface area contributed by atoms with Gasteiger partial charge >= 0.3 is 0 Å². The molecule has 1 amide bonds. The Morgan fingerprint density at radius 3 is 2.55 bits per heavy atom. The van der Waals surface area contributed by atoms with Gasteiger partial charge in [-0.05, 0) is 31.0 Å². The van der Waals surface area contributed by atoms with E-state index in [1.807, 2.05) is 32.3 Å². The second-order valence-corrected chi connectivity index (χ2v) is 7.44. The van der Waals surface area contributed by atoms with Crippen LogP contribution >= 0.6 is 0 Å². The molecule has 1 aliphatic heterocycles. The summed E-state index contributed by atoms with van der Waals surface area (Å²) in [6.45, 7) is 7.31. The van der Waals surface area contributed by atoms with E-state index >= 15 is 0 Å². The number of fused-ring (bicyclic) bond motifs is 1. The van der Waals surface area contributed by atoms with Crippen LogP contribution in [0.25, 0.3) is 11.0 Å². The Morgan fingerprint density at radius 2 is 1.86 bits per heavy atom. The van der Waals surface area contributed by atoms with E-state index in [1.165, 1.54) is 5.56 Å². The molecule has 1 atom stereocenters. The van der Waals surface area contributed by atoms with Crippen molar-refractivity contribution in [2.45, 2.75) is 26.3 Å². The zero-order valence-electron chi connectivity index (χ0n) is 17.2. The van der Waals surface area contributed by atoms with Gasteiger partial charge in [-0.15, -0.1) is 0 Å². The Balaban J connectivity index is 1.37. The molecule has 0 radical (unpaired) electrons. The van der Waals surface area contributed by atoms with Gasteiger partial charge in [0.25, 0.3) is 0 Å². The first-order valence-corrected chi connectivity index (χ1v) is 10.1. The average molecular weight is 393 g/mol. The summed E-state index contributed by atoms with van der Waals surface area (Å²) in [5.74, 6) is 0.940. The summed E-state index contributed by atoms with van der Waals surface area (Å²) in [5.41, 5.74) is 2.94. The molecule has 3 heterocycles. The number of carbonyl (C=O) groups excluding carboxylic acids is 1. The first-order valence-electron chi connectivity index (χ1n) is 10.1. The lowest BCUT2D eigenvalue weighted by molar-refractivity contribution is -0.120. The van der Waals surface area contributed by atoms with Crippen LogP contribution in [-0.2, 0) is 18.3 Å². The van der Waals surface area contributed by atoms with Crippen LogP contribution in [0.15, 0.2) is 36.8 Å². The topological polar surface area (TPSA) is 79.2 Å². The van der Waals surface area contributed by atoms with Crippen molar-refractivity contribution in [1.29, 1.82) is 0 Å². The van der Waals surface area contributed by atoms with Gasteiger partial charge in [0, 0.05) is 38.9 Å². The maximum Gasteiger partial charge on any atom is 0.241 e. The van der Waals surface area contributed by atoms with E-state index < -0.39 is 0 Å². The molecule has 0 bridgehead atoms. The molecule has 1 fully saturated rings. The third kappa shape index (κ3) is 3.93. The van der Waals surface area contributed by atoms with Gasteiger partial charge in [-0.2, -0.15) is 5.10 Å². The molecule has 3 aromatic rings. The van der Waals surface area contributed by atoms with Crippen LogP contribution in [0.5, 0.6) is 0 Å². The second kappa shape index (κ2) is 8.16. The van der Waals surface area contributed by atoms with Crippen LogP contribution in [0, 0.1) is 0 Å². The molecule has 152 valence electrons. The lowest BCUT2D eigenvalue weighted by Crippen LogP contribution is -2.53. The summed E-state index contributed by atoms with van der Waals surface area (Å²) >= 11 is 0. The normalized spacial score (nSPS) is 16.2. The van der Waals surface area contributed by atoms with E-state index in [2.05, 4.69) is 49.2 Å². The zero-order chi connectivity index (χ0) is 20.4. The van der Waals surface area contributed by atoms with Crippen molar-refractivity contribution in [1.82, 2.24) is 24.6 Å². The second-order valence-electron chi connectivity index (χ2n) is 7.44. The fraction of sp³-hybridized carbons (Fsp3) is 0.429. The Hall–Kier alpha value is -3.00. The third-order valence-corrected chi connectivity index (χ3v) is 5.68. The number of hydrogen-bond acceptors (Lipinski definition) is 6. The largest absolute Gasteiger partial charge is 0.353 e. The van der Waals surface area contributed by atoms with Crippen molar-refractivity contribution >= 4 is 28.4 Å². The molecular formula is C21H27N7O. The van der Waals surface area contributed by atoms with Crippen molar-refractivity contribution in [2.24, 2.45) is 7.05 Å². The number of rotatable bonds is 5. The molecule has 0 aliphatic carbocycles. The highest BCUT2D eigenvalue weighted by Crippen LogP contribution is 2.23. The summed E-state index contributed by atoms with van der Waals surface area (Å²) in [5, 5.41) is 8.29. The minimum absolute atomic E-state index is 0.0272. The van der Waals surface area contributed by atoms with E-state index in [9.17, 15) is 4.79 Å². The molecule has 1 saturated heterocycles. The lowest BCUT2D eigenvalue weighted by atomic mass is 10.1. The number of anilines is 2. The molecule has 0 spiro atoms. The molecule has 4 rings (SSSR count). The minimum Gasteiger partial charge on any atom is -0.353 e. The number of benzene rings is 1. The van der Waals surface area contributed by atoms with Gasteiger partial charge in [0.2, 0.25) is 5.91 Å². The maximum atomic E-state index is 12.7. The summed E-state index contributed by atoms with van der Waals surface area (Å²) in [6, 6.07) is 7.86. The van der Waals surface area contributed by atoms with Gasteiger partial charge in [0.1, 0.15) is 12.1 Å². The molecule has 2 aromatic heterocycles. The standard InChI is InChI=1S/C21H27N7O/c1-4-16-5-7-17(8-6-16)25-21(29)15(2)27-9-11-28(12-10-27)20-18-13-24-26(3)19(18)22-14-23-20/h5-8,13-15H,4,9-12H2,1-3H3,(H,25,29). The summed E-state index contributed by atoms with van der Waals surface area (Å²) < 4.78 is 1.76. The minimum atomic E-state index is -0.188. The van der Waals surface area contributed by atoms with Crippen LogP contribution in [0.1, 0.15) is 19.4 Å². The molecule has 1 N–H and O–H groups in total. The predicted octanol–water partition coefficient (Wildman–Crippen LogP) is 2.07. The molecular weight excluding hydrogens is 366 g/mol. The quantitative estimate of drug-likeness (QED) is 0.715. The Kier molecular flexibility index (Phi) is 5.44. The lowest BCUT2D eigenvalue weighted by Gasteiger charge is -2.38. The van der Waals surface area contributed by atoms with Gasteiger partial charge in [0.05, 0.1) is 17.6 Å². The maximum absolute atomic E-state index is 12.7. The smallest absolute Gasteiger partial charge is 0.241 e. The summed E-state index contributed by atoms with van der Waals surface area (Å²) in [7, 11) is 1.88. The molecule has 1 unspecified atom stereocenters. The SMILES string of the molecule is CCc1ccc(NC(=O)C(C)N2CCN(c3ncnc4c3cnn4C)CC2)cc1.